The number of hydrogen-bond donors (Lipinski definition) is 0. The zero-order valence-corrected chi connectivity index (χ0v) is 29.3. The monoisotopic (exact) mass is 726 g/mol. The van der Waals surface area contributed by atoms with Gasteiger partial charge in [0.15, 0.2) is 11.4 Å². The molecule has 4 aromatic carbocycles. The van der Waals surface area contributed by atoms with E-state index in [9.17, 15) is 9.59 Å². The lowest BCUT2D eigenvalue weighted by atomic mass is 10.1. The molecule has 0 amide bonds. The van der Waals surface area contributed by atoms with Crippen LogP contribution in [-0.4, -0.2) is 65.9 Å². The number of hydrogen-bond acceptors (Lipinski definition) is 12. The number of rotatable bonds is 11. The fourth-order valence-corrected chi connectivity index (χ4v) is 7.23. The Hall–Kier alpha value is -5.86. The second kappa shape index (κ2) is 15.2. The molecule has 12 nitrogen and oxygen atoms in total. The molecule has 2 aliphatic rings. The minimum atomic E-state index is -0.296. The molecule has 0 N–H and O–H groups in total. The summed E-state index contributed by atoms with van der Waals surface area (Å²) >= 11 is 2.87. The second-order valence-electron chi connectivity index (χ2n) is 11.8. The highest BCUT2D eigenvalue weighted by molar-refractivity contribution is 8.00. The molecule has 2 aliphatic heterocycles. The Morgan fingerprint density at radius 3 is 1.31 bits per heavy atom. The van der Waals surface area contributed by atoms with Crippen molar-refractivity contribution in [3.8, 4) is 34.0 Å². The van der Waals surface area contributed by atoms with E-state index in [-0.39, 0.29) is 22.5 Å². The van der Waals surface area contributed by atoms with Gasteiger partial charge in [-0.1, -0.05) is 84.2 Å². The predicted octanol–water partition coefficient (Wildman–Crippen LogP) is 5.88. The van der Waals surface area contributed by atoms with E-state index in [1.54, 1.807) is 0 Å². The van der Waals surface area contributed by atoms with Crippen LogP contribution in [0.1, 0.15) is 24.0 Å². The molecule has 8 rings (SSSR count). The third-order valence-electron chi connectivity index (χ3n) is 8.29. The van der Waals surface area contributed by atoms with Gasteiger partial charge in [0.2, 0.25) is 10.3 Å². The van der Waals surface area contributed by atoms with Gasteiger partial charge < -0.3 is 9.47 Å². The lowest BCUT2D eigenvalue weighted by molar-refractivity contribution is 0.266. The van der Waals surface area contributed by atoms with Crippen LogP contribution in [0, 0.1) is 0 Å². The van der Waals surface area contributed by atoms with E-state index >= 15 is 0 Å². The number of thioether (sulfide) groups is 2. The van der Waals surface area contributed by atoms with Crippen molar-refractivity contribution in [1.29, 1.82) is 0 Å². The maximum atomic E-state index is 13.2. The van der Waals surface area contributed by atoms with Gasteiger partial charge in [0.25, 0.3) is 0 Å². The van der Waals surface area contributed by atoms with Gasteiger partial charge in [-0.25, -0.2) is 0 Å². The van der Waals surface area contributed by atoms with Crippen LogP contribution >= 0.6 is 23.5 Å². The quantitative estimate of drug-likeness (QED) is 0.149. The van der Waals surface area contributed by atoms with Crippen molar-refractivity contribution < 1.29 is 9.47 Å². The van der Waals surface area contributed by atoms with Gasteiger partial charge >= 0.3 is 11.1 Å². The molecule has 258 valence electrons. The summed E-state index contributed by atoms with van der Waals surface area (Å²) < 4.78 is 14.6. The summed E-state index contributed by atoms with van der Waals surface area (Å²) in [6.07, 6.45) is 1.65. The molecule has 0 unspecified atom stereocenters. The molecule has 0 spiro atoms. The Bertz CT molecular complexity index is 2230. The molecule has 0 fully saturated rings. The van der Waals surface area contributed by atoms with Crippen molar-refractivity contribution in [3.05, 3.63) is 141 Å². The van der Waals surface area contributed by atoms with Gasteiger partial charge in [0, 0.05) is 22.6 Å². The van der Waals surface area contributed by atoms with Crippen molar-refractivity contribution in [2.75, 3.05) is 24.7 Å². The summed E-state index contributed by atoms with van der Waals surface area (Å²) in [6.45, 7) is 1.10. The molecule has 6 aromatic rings. The van der Waals surface area contributed by atoms with Crippen LogP contribution in [0.25, 0.3) is 22.5 Å². The summed E-state index contributed by atoms with van der Waals surface area (Å²) in [5.41, 5.74) is 4.74. The van der Waals surface area contributed by atoms with Gasteiger partial charge in [0.05, 0.1) is 24.6 Å². The molecule has 52 heavy (non-hydrogen) atoms. The Morgan fingerprint density at radius 1 is 0.500 bits per heavy atom. The van der Waals surface area contributed by atoms with E-state index in [2.05, 4.69) is 30.6 Å². The minimum Gasteiger partial charge on any atom is -0.494 e. The highest BCUT2D eigenvalue weighted by atomic mass is 32.2. The molecule has 0 radical (unpaired) electrons. The number of nitrogens with zero attached hydrogens (tertiary/aromatic N) is 8. The van der Waals surface area contributed by atoms with Crippen LogP contribution in [0.2, 0.25) is 0 Å². The highest BCUT2D eigenvalue weighted by Gasteiger charge is 2.22. The van der Waals surface area contributed by atoms with Crippen molar-refractivity contribution in [1.82, 2.24) is 29.7 Å². The largest absolute Gasteiger partial charge is 0.494 e. The van der Waals surface area contributed by atoms with E-state index in [1.807, 2.05) is 109 Å². The predicted molar refractivity (Wildman–Crippen MR) is 202 cm³/mol. The van der Waals surface area contributed by atoms with E-state index in [0.717, 1.165) is 46.9 Å². The number of benzene rings is 4. The van der Waals surface area contributed by atoms with Crippen molar-refractivity contribution in [2.45, 2.75) is 23.2 Å². The fraction of sp³-hybridized carbons (Fsp3) is 0.158. The first-order valence-electron chi connectivity index (χ1n) is 16.6. The van der Waals surface area contributed by atoms with Gasteiger partial charge in [-0.15, -0.1) is 20.4 Å². The molecule has 0 saturated carbocycles. The normalized spacial score (nSPS) is 13.4. The third kappa shape index (κ3) is 7.16. The molecular formula is C38H30N8O4S2. The van der Waals surface area contributed by atoms with Crippen LogP contribution in [0.15, 0.2) is 139 Å². The summed E-state index contributed by atoms with van der Waals surface area (Å²) in [4.78, 5) is 26.3. The minimum absolute atomic E-state index is 0.271. The van der Waals surface area contributed by atoms with Crippen LogP contribution in [0.5, 0.6) is 11.5 Å². The number of unbranched alkanes of at least 4 members (excludes halogenated alkanes) is 1. The lowest BCUT2D eigenvalue weighted by Crippen LogP contribution is -2.28. The number of aromatic nitrogens is 6. The summed E-state index contributed by atoms with van der Waals surface area (Å²) in [6, 6.07) is 34.0. The Labute approximate surface area is 306 Å². The molecular weight excluding hydrogens is 697 g/mol. The van der Waals surface area contributed by atoms with Gasteiger partial charge in [-0.05, 0) is 72.5 Å². The van der Waals surface area contributed by atoms with Crippen LogP contribution < -0.4 is 20.6 Å². The van der Waals surface area contributed by atoms with Crippen molar-refractivity contribution in [3.63, 3.8) is 0 Å². The summed E-state index contributed by atoms with van der Waals surface area (Å²) in [5, 5.41) is 27.0. The van der Waals surface area contributed by atoms with Crippen LogP contribution in [0.3, 0.4) is 0 Å². The molecule has 0 atom stereocenters. The summed E-state index contributed by atoms with van der Waals surface area (Å²) in [7, 11) is 0. The third-order valence-corrected chi connectivity index (χ3v) is 10.1. The van der Waals surface area contributed by atoms with E-state index in [0.29, 0.717) is 46.2 Å². The molecule has 0 aliphatic carbocycles. The SMILES string of the molecule is O=c1c(-c2ccccc2)nnc2n1N=C(c1ccc(OCCCCOc3ccc(C4=Nn5c(nnc(-c6ccccc6)c5=O)SC4)cc3)cc1)CS2. The first kappa shape index (κ1) is 33.3. The number of fused-ring (bicyclic) bond motifs is 2. The Morgan fingerprint density at radius 2 is 0.904 bits per heavy atom. The van der Waals surface area contributed by atoms with Gasteiger partial charge in [-0.3, -0.25) is 9.59 Å². The standard InChI is InChI=1S/C38H30N8O4S2/c47-35-33(27-9-3-1-4-10-27)39-41-37-45(35)43-31(23-51-37)25-13-17-29(18-14-25)49-21-7-8-22-50-30-19-15-26(16-20-30)32-24-52-38-42-40-34(36(48)46(38)44-32)28-11-5-2-6-12-28/h1-6,9-20H,7-8,21-24H2. The summed E-state index contributed by atoms with van der Waals surface area (Å²) in [5.74, 6) is 2.68. The van der Waals surface area contributed by atoms with Crippen molar-refractivity contribution in [2.24, 2.45) is 10.2 Å². The molecule has 0 bridgehead atoms. The average Bonchev–Trinajstić information content (AvgIpc) is 3.20. The van der Waals surface area contributed by atoms with E-state index in [1.165, 1.54) is 32.9 Å². The van der Waals surface area contributed by atoms with E-state index in [4.69, 9.17) is 9.47 Å². The highest BCUT2D eigenvalue weighted by Crippen LogP contribution is 2.25. The molecule has 0 saturated heterocycles. The fourth-order valence-electron chi connectivity index (χ4n) is 5.56. The second-order valence-corrected chi connectivity index (χ2v) is 13.6. The topological polar surface area (TPSA) is 139 Å². The Balaban J connectivity index is 0.815. The zero-order valence-electron chi connectivity index (χ0n) is 27.7. The maximum absolute atomic E-state index is 13.2. The zero-order chi connectivity index (χ0) is 35.3. The first-order valence-corrected chi connectivity index (χ1v) is 18.6. The van der Waals surface area contributed by atoms with Crippen molar-refractivity contribution >= 4 is 34.9 Å². The maximum Gasteiger partial charge on any atom is 0.301 e. The molecule has 14 heteroatoms. The first-order chi connectivity index (χ1) is 25.6. The Kier molecular flexibility index (Phi) is 9.71. The van der Waals surface area contributed by atoms with Gasteiger partial charge in [-0.2, -0.15) is 19.6 Å². The smallest absolute Gasteiger partial charge is 0.301 e. The van der Waals surface area contributed by atoms with Crippen LogP contribution in [-0.2, 0) is 0 Å². The molecule has 4 heterocycles. The molecule has 2 aromatic heterocycles. The van der Waals surface area contributed by atoms with Crippen LogP contribution in [0.4, 0.5) is 0 Å². The van der Waals surface area contributed by atoms with Gasteiger partial charge in [0.1, 0.15) is 11.5 Å². The lowest BCUT2D eigenvalue weighted by Gasteiger charge is -2.16. The average molecular weight is 727 g/mol. The number of ether oxygens (including phenoxy) is 2. The van der Waals surface area contributed by atoms with E-state index < -0.39 is 0 Å².